The molecule has 1 unspecified atom stereocenters. The summed E-state index contributed by atoms with van der Waals surface area (Å²) in [6.45, 7) is 3.73. The van der Waals surface area contributed by atoms with E-state index in [0.717, 1.165) is 48.2 Å². The van der Waals surface area contributed by atoms with Crippen molar-refractivity contribution in [3.05, 3.63) is 84.1 Å². The van der Waals surface area contributed by atoms with Gasteiger partial charge >= 0.3 is 6.09 Å². The molecule has 0 aliphatic carbocycles. The fraction of sp³-hybridized carbons (Fsp3) is 0.323. The van der Waals surface area contributed by atoms with E-state index in [4.69, 9.17) is 18.9 Å². The molecule has 40 heavy (non-hydrogen) atoms. The largest absolute Gasteiger partial charge is 0.486 e. The number of pyridine rings is 2. The number of carbonyl (C=O) groups excluding carboxylic acids is 1. The number of hydrogen-bond acceptors (Lipinski definition) is 8. The van der Waals surface area contributed by atoms with Crippen LogP contribution in [0, 0.1) is 0 Å². The van der Waals surface area contributed by atoms with Gasteiger partial charge in [0.25, 0.3) is 0 Å². The van der Waals surface area contributed by atoms with E-state index in [0.29, 0.717) is 43.7 Å². The minimum absolute atomic E-state index is 0.253. The molecule has 1 saturated heterocycles. The molecule has 0 radical (unpaired) electrons. The van der Waals surface area contributed by atoms with E-state index < -0.39 is 0 Å². The van der Waals surface area contributed by atoms with Crippen LogP contribution < -0.4 is 19.1 Å². The number of anilines is 1. The van der Waals surface area contributed by atoms with Crippen molar-refractivity contribution in [2.75, 3.05) is 44.9 Å². The number of aromatic nitrogens is 2. The molecule has 4 aromatic rings. The third kappa shape index (κ3) is 5.79. The van der Waals surface area contributed by atoms with Crippen LogP contribution in [0.5, 0.6) is 17.4 Å². The van der Waals surface area contributed by atoms with E-state index in [1.165, 1.54) is 5.56 Å². The van der Waals surface area contributed by atoms with E-state index >= 15 is 0 Å². The molecule has 9 nitrogen and oxygen atoms in total. The van der Waals surface area contributed by atoms with Crippen LogP contribution in [0.25, 0.3) is 11.0 Å². The van der Waals surface area contributed by atoms with Crippen molar-refractivity contribution in [1.82, 2.24) is 14.9 Å². The molecule has 0 N–H and O–H groups in total. The highest BCUT2D eigenvalue weighted by molar-refractivity contribution is 5.90. The zero-order chi connectivity index (χ0) is 27.3. The van der Waals surface area contributed by atoms with E-state index in [1.54, 1.807) is 12.0 Å². The minimum Gasteiger partial charge on any atom is -0.486 e. The summed E-state index contributed by atoms with van der Waals surface area (Å²) >= 11 is 0. The van der Waals surface area contributed by atoms with Crippen LogP contribution in [-0.4, -0.2) is 67.0 Å². The van der Waals surface area contributed by atoms with Crippen LogP contribution in [0.4, 0.5) is 10.5 Å². The predicted molar refractivity (Wildman–Crippen MR) is 151 cm³/mol. The molecule has 1 amide bonds. The van der Waals surface area contributed by atoms with Crippen molar-refractivity contribution in [2.24, 2.45) is 0 Å². The summed E-state index contributed by atoms with van der Waals surface area (Å²) in [5, 5.41) is 0. The Morgan fingerprint density at radius 3 is 2.73 bits per heavy atom. The van der Waals surface area contributed by atoms with Gasteiger partial charge in [0, 0.05) is 31.4 Å². The number of ether oxygens (including phenoxy) is 4. The average Bonchev–Trinajstić information content (AvgIpc) is 3.36. The standard InChI is InChI=1S/C31H32N4O5/c1-37-29-12-10-26-30(33-29)23(13-14-32-26)8-5-15-34(19-22-6-3-2-4-7-22)20-25-21-35(31(36)40-25)24-9-11-27-28(18-24)39-17-16-38-27/h2-4,6-7,9-14,18,25H,5,8,15-17,19-21H2,1H3. The summed E-state index contributed by atoms with van der Waals surface area (Å²) in [4.78, 5) is 26.0. The van der Waals surface area contributed by atoms with Crippen molar-refractivity contribution in [3.63, 3.8) is 0 Å². The molecule has 9 heteroatoms. The lowest BCUT2D eigenvalue weighted by Crippen LogP contribution is -2.35. The molecule has 0 bridgehead atoms. The Morgan fingerprint density at radius 1 is 1.02 bits per heavy atom. The summed E-state index contributed by atoms with van der Waals surface area (Å²) in [5.74, 6) is 1.93. The number of benzene rings is 2. The molecule has 2 aliphatic rings. The fourth-order valence-corrected chi connectivity index (χ4v) is 5.26. The van der Waals surface area contributed by atoms with E-state index in [2.05, 4.69) is 39.1 Å². The molecule has 2 aliphatic heterocycles. The van der Waals surface area contributed by atoms with Gasteiger partial charge in [0.2, 0.25) is 5.88 Å². The molecule has 1 atom stereocenters. The highest BCUT2D eigenvalue weighted by Gasteiger charge is 2.34. The van der Waals surface area contributed by atoms with Crippen LogP contribution in [0.1, 0.15) is 17.5 Å². The number of hydrogen-bond donors (Lipinski definition) is 0. The van der Waals surface area contributed by atoms with Crippen molar-refractivity contribution in [3.8, 4) is 17.4 Å². The Hall–Kier alpha value is -4.37. The highest BCUT2D eigenvalue weighted by atomic mass is 16.6. The van der Waals surface area contributed by atoms with Gasteiger partial charge in [-0.1, -0.05) is 30.3 Å². The third-order valence-electron chi connectivity index (χ3n) is 7.19. The first-order valence-corrected chi connectivity index (χ1v) is 13.6. The van der Waals surface area contributed by atoms with Crippen LogP contribution in [-0.2, 0) is 17.7 Å². The Morgan fingerprint density at radius 2 is 1.88 bits per heavy atom. The molecule has 4 heterocycles. The quantitative estimate of drug-likeness (QED) is 0.282. The van der Waals surface area contributed by atoms with Gasteiger partial charge < -0.3 is 18.9 Å². The molecular weight excluding hydrogens is 508 g/mol. The summed E-state index contributed by atoms with van der Waals surface area (Å²) in [7, 11) is 1.62. The molecule has 2 aromatic heterocycles. The smallest absolute Gasteiger partial charge is 0.414 e. The third-order valence-corrected chi connectivity index (χ3v) is 7.19. The van der Waals surface area contributed by atoms with Gasteiger partial charge in [0.15, 0.2) is 11.5 Å². The van der Waals surface area contributed by atoms with Crippen LogP contribution in [0.3, 0.4) is 0 Å². The molecular formula is C31H32N4O5. The topological polar surface area (TPSA) is 86.2 Å². The Bertz CT molecular complexity index is 1480. The molecule has 1 fully saturated rings. The second-order valence-corrected chi connectivity index (χ2v) is 9.96. The number of carbonyl (C=O) groups is 1. The Labute approximate surface area is 233 Å². The zero-order valence-electron chi connectivity index (χ0n) is 22.5. The van der Waals surface area contributed by atoms with Crippen LogP contribution in [0.2, 0.25) is 0 Å². The van der Waals surface area contributed by atoms with Crippen molar-refractivity contribution in [2.45, 2.75) is 25.5 Å². The first-order valence-electron chi connectivity index (χ1n) is 13.6. The monoisotopic (exact) mass is 540 g/mol. The van der Waals surface area contributed by atoms with Crippen molar-refractivity contribution < 1.29 is 23.7 Å². The number of nitrogens with zero attached hydrogens (tertiary/aromatic N) is 4. The Balaban J connectivity index is 1.14. The van der Waals surface area contributed by atoms with Gasteiger partial charge in [-0.05, 0) is 54.8 Å². The average molecular weight is 541 g/mol. The zero-order valence-corrected chi connectivity index (χ0v) is 22.5. The highest BCUT2D eigenvalue weighted by Crippen LogP contribution is 2.35. The van der Waals surface area contributed by atoms with Crippen molar-refractivity contribution >= 4 is 22.8 Å². The predicted octanol–water partition coefficient (Wildman–Crippen LogP) is 4.87. The number of fused-ring (bicyclic) bond motifs is 2. The Kier molecular flexibility index (Phi) is 7.63. The normalized spacial score (nSPS) is 16.4. The van der Waals surface area contributed by atoms with Crippen LogP contribution >= 0.6 is 0 Å². The first-order chi connectivity index (χ1) is 19.7. The SMILES string of the molecule is COc1ccc2nccc(CCCN(Cc3ccccc3)CC3CN(c4ccc5c(c4)OCCO5)C(=O)O3)c2n1. The second-order valence-electron chi connectivity index (χ2n) is 9.96. The number of rotatable bonds is 10. The summed E-state index contributed by atoms with van der Waals surface area (Å²) in [6.07, 6.45) is 3.00. The van der Waals surface area contributed by atoms with Gasteiger partial charge in [-0.25, -0.2) is 9.78 Å². The second kappa shape index (κ2) is 11.8. The molecule has 0 saturated carbocycles. The fourth-order valence-electron chi connectivity index (χ4n) is 5.26. The number of methoxy groups -OCH3 is 1. The van der Waals surface area contributed by atoms with Gasteiger partial charge in [-0.15, -0.1) is 0 Å². The van der Waals surface area contributed by atoms with E-state index in [1.807, 2.05) is 48.7 Å². The number of amides is 1. The maximum absolute atomic E-state index is 12.9. The molecule has 6 rings (SSSR count). The summed E-state index contributed by atoms with van der Waals surface area (Å²) < 4.78 is 22.5. The first kappa shape index (κ1) is 25.9. The van der Waals surface area contributed by atoms with Crippen LogP contribution in [0.15, 0.2) is 72.9 Å². The van der Waals surface area contributed by atoms with Gasteiger partial charge in [-0.2, -0.15) is 0 Å². The molecule has 206 valence electrons. The maximum atomic E-state index is 12.9. The number of cyclic esters (lactones) is 1. The summed E-state index contributed by atoms with van der Waals surface area (Å²) in [6, 6.07) is 21.7. The van der Waals surface area contributed by atoms with Crippen molar-refractivity contribution in [1.29, 1.82) is 0 Å². The van der Waals surface area contributed by atoms with Gasteiger partial charge in [0.1, 0.15) is 19.3 Å². The van der Waals surface area contributed by atoms with E-state index in [9.17, 15) is 4.79 Å². The number of aryl methyl sites for hydroxylation is 1. The summed E-state index contributed by atoms with van der Waals surface area (Å²) in [5.41, 5.74) is 4.84. The van der Waals surface area contributed by atoms with Gasteiger partial charge in [0.05, 0.1) is 30.4 Å². The van der Waals surface area contributed by atoms with Gasteiger partial charge in [-0.3, -0.25) is 14.8 Å². The minimum atomic E-state index is -0.343. The van der Waals surface area contributed by atoms with E-state index in [-0.39, 0.29) is 12.2 Å². The lowest BCUT2D eigenvalue weighted by molar-refractivity contribution is 0.105. The lowest BCUT2D eigenvalue weighted by atomic mass is 10.1. The lowest BCUT2D eigenvalue weighted by Gasteiger charge is -2.25. The maximum Gasteiger partial charge on any atom is 0.414 e. The molecule has 2 aromatic carbocycles. The molecule has 0 spiro atoms.